The second-order valence-electron chi connectivity index (χ2n) is 16.3. The fourth-order valence-corrected chi connectivity index (χ4v) is 9.43. The highest BCUT2D eigenvalue weighted by atomic mass is 15.2. The van der Waals surface area contributed by atoms with Crippen LogP contribution in [0.1, 0.15) is 51.7 Å². The van der Waals surface area contributed by atoms with Gasteiger partial charge in [-0.3, -0.25) is 4.90 Å². The number of anilines is 4. The Labute approximate surface area is 332 Å². The predicted molar refractivity (Wildman–Crippen MR) is 235 cm³/mol. The Morgan fingerprint density at radius 3 is 1.80 bits per heavy atom. The molecule has 0 saturated carbocycles. The predicted octanol–water partition coefficient (Wildman–Crippen LogP) is 12.6. The summed E-state index contributed by atoms with van der Waals surface area (Å²) in [5.74, 6) is 0. The molecule has 3 aliphatic rings. The van der Waals surface area contributed by atoms with Gasteiger partial charge in [0.25, 0.3) is 0 Å². The van der Waals surface area contributed by atoms with Crippen LogP contribution in [0.25, 0.3) is 0 Å². The summed E-state index contributed by atoms with van der Waals surface area (Å²) in [5.41, 5.74) is 15.2. The van der Waals surface area contributed by atoms with Gasteiger partial charge < -0.3 is 9.80 Å². The van der Waals surface area contributed by atoms with E-state index in [1.807, 2.05) is 0 Å². The van der Waals surface area contributed by atoms with Crippen LogP contribution < -0.4 is 14.7 Å². The zero-order valence-electron chi connectivity index (χ0n) is 32.9. The van der Waals surface area contributed by atoms with Gasteiger partial charge in [0.15, 0.2) is 0 Å². The number of nitrogens with one attached hydrogen (secondary N) is 1. The van der Waals surface area contributed by atoms with E-state index in [1.54, 1.807) is 0 Å². The number of rotatable bonds is 8. The molecule has 2 unspecified atom stereocenters. The zero-order valence-corrected chi connectivity index (χ0v) is 32.9. The van der Waals surface area contributed by atoms with E-state index in [0.29, 0.717) is 0 Å². The van der Waals surface area contributed by atoms with Gasteiger partial charge in [-0.1, -0.05) is 135 Å². The van der Waals surface area contributed by atoms with Gasteiger partial charge in [-0.2, -0.15) is 0 Å². The highest BCUT2D eigenvalue weighted by Gasteiger charge is 2.49. The molecule has 6 aromatic rings. The van der Waals surface area contributed by atoms with Gasteiger partial charge in [0, 0.05) is 39.4 Å². The van der Waals surface area contributed by atoms with Crippen molar-refractivity contribution in [3.63, 3.8) is 0 Å². The normalized spacial score (nSPS) is 20.9. The lowest BCUT2D eigenvalue weighted by atomic mass is 9.80. The first-order valence-electron chi connectivity index (χ1n) is 20.0. The van der Waals surface area contributed by atoms with Crippen molar-refractivity contribution in [1.29, 1.82) is 0 Å². The van der Waals surface area contributed by atoms with Gasteiger partial charge in [-0.05, 0) is 116 Å². The molecule has 56 heavy (non-hydrogen) atoms. The highest BCUT2D eigenvalue weighted by Crippen LogP contribution is 2.51. The molecule has 3 nitrogen and oxygen atoms in total. The number of fused-ring (bicyclic) bond motifs is 2. The summed E-state index contributed by atoms with van der Waals surface area (Å²) < 4.78 is 0. The molecule has 0 amide bonds. The molecule has 0 radical (unpaired) electrons. The van der Waals surface area contributed by atoms with Gasteiger partial charge in [0.1, 0.15) is 17.4 Å². The number of hydrogen-bond acceptors (Lipinski definition) is 2. The maximum Gasteiger partial charge on any atom is 0.140 e. The molecule has 0 aromatic heterocycles. The van der Waals surface area contributed by atoms with Crippen molar-refractivity contribution >= 4 is 34.1 Å². The Morgan fingerprint density at radius 1 is 0.589 bits per heavy atom. The molecule has 0 spiro atoms. The first-order chi connectivity index (χ1) is 27.3. The van der Waals surface area contributed by atoms with Crippen molar-refractivity contribution in [2.75, 3.05) is 9.80 Å². The Balaban J connectivity index is 1.21. The molecule has 2 atom stereocenters. The van der Waals surface area contributed by atoms with Gasteiger partial charge in [0.05, 0.1) is 11.1 Å². The van der Waals surface area contributed by atoms with E-state index in [4.69, 9.17) is 0 Å². The quantitative estimate of drug-likeness (QED) is 0.167. The average Bonchev–Trinajstić information content (AvgIpc) is 3.82. The van der Waals surface area contributed by atoms with E-state index in [9.17, 15) is 0 Å². The SMILES string of the molecule is CC1(C)/C(=C\C=C2/CCC(/C=C/C3[NH+](c4ccccc4)c4ccccc4C3(C)C)=C2N(c2ccccc2)c2ccccc2)N(c2ccccc2)c2ccccc21. The lowest BCUT2D eigenvalue weighted by Crippen LogP contribution is -3.06. The smallest absolute Gasteiger partial charge is 0.140 e. The second-order valence-corrected chi connectivity index (χ2v) is 16.3. The fourth-order valence-electron chi connectivity index (χ4n) is 9.43. The van der Waals surface area contributed by atoms with Crippen LogP contribution >= 0.6 is 0 Å². The summed E-state index contributed by atoms with van der Waals surface area (Å²) in [5, 5.41) is 0. The Hall–Kier alpha value is -6.16. The van der Waals surface area contributed by atoms with Gasteiger partial charge in [0.2, 0.25) is 0 Å². The van der Waals surface area contributed by atoms with Crippen molar-refractivity contribution in [3.05, 3.63) is 228 Å². The molecule has 0 saturated heterocycles. The number of allylic oxidation sites excluding steroid dienone is 6. The van der Waals surface area contributed by atoms with Crippen LogP contribution in [0.5, 0.6) is 0 Å². The van der Waals surface area contributed by atoms with Crippen LogP contribution in [0, 0.1) is 0 Å². The van der Waals surface area contributed by atoms with Gasteiger partial charge in [-0.25, -0.2) is 0 Å². The molecule has 1 aliphatic carbocycles. The molecular weight excluding hydrogens is 679 g/mol. The van der Waals surface area contributed by atoms with Crippen LogP contribution in [0.2, 0.25) is 0 Å². The Kier molecular flexibility index (Phi) is 9.19. The van der Waals surface area contributed by atoms with Crippen molar-refractivity contribution in [1.82, 2.24) is 0 Å². The molecule has 3 heteroatoms. The highest BCUT2D eigenvalue weighted by molar-refractivity contribution is 5.80. The molecule has 2 heterocycles. The first kappa shape index (κ1) is 35.5. The summed E-state index contributed by atoms with van der Waals surface area (Å²) in [4.78, 5) is 6.35. The number of para-hydroxylation sites is 6. The molecule has 6 aromatic carbocycles. The third-order valence-corrected chi connectivity index (χ3v) is 12.3. The van der Waals surface area contributed by atoms with Crippen LogP contribution in [0.3, 0.4) is 0 Å². The van der Waals surface area contributed by atoms with Crippen molar-refractivity contribution in [3.8, 4) is 0 Å². The Bertz CT molecular complexity index is 2430. The number of quaternary nitrogens is 1. The summed E-state index contributed by atoms with van der Waals surface area (Å²) >= 11 is 0. The van der Waals surface area contributed by atoms with E-state index in [2.05, 4.69) is 232 Å². The van der Waals surface area contributed by atoms with E-state index in [1.165, 1.54) is 61.3 Å². The maximum absolute atomic E-state index is 2.51. The minimum Gasteiger partial charge on any atom is -0.313 e. The largest absolute Gasteiger partial charge is 0.313 e. The molecule has 0 bridgehead atoms. The Morgan fingerprint density at radius 2 is 1.14 bits per heavy atom. The number of nitrogens with zero attached hydrogens (tertiary/aromatic N) is 2. The fraction of sp³-hybridized carbons (Fsp3) is 0.170. The lowest BCUT2D eigenvalue weighted by molar-refractivity contribution is -0.780. The average molecular weight is 729 g/mol. The van der Waals surface area contributed by atoms with Gasteiger partial charge in [-0.15, -0.1) is 0 Å². The van der Waals surface area contributed by atoms with Crippen molar-refractivity contribution < 1.29 is 4.90 Å². The summed E-state index contributed by atoms with van der Waals surface area (Å²) in [6, 6.07) is 61.7. The zero-order chi connectivity index (χ0) is 38.3. The molecular formula is C53H50N3+. The van der Waals surface area contributed by atoms with E-state index >= 15 is 0 Å². The molecule has 9 rings (SSSR count). The first-order valence-corrected chi connectivity index (χ1v) is 20.0. The van der Waals surface area contributed by atoms with Crippen LogP contribution in [-0.4, -0.2) is 6.04 Å². The maximum atomic E-state index is 2.51. The van der Waals surface area contributed by atoms with E-state index in [0.717, 1.165) is 24.2 Å². The van der Waals surface area contributed by atoms with Crippen LogP contribution in [0.15, 0.2) is 217 Å². The summed E-state index contributed by atoms with van der Waals surface area (Å²) in [6.45, 7) is 9.55. The van der Waals surface area contributed by atoms with E-state index < -0.39 is 0 Å². The minimum absolute atomic E-state index is 0.0663. The third-order valence-electron chi connectivity index (χ3n) is 12.3. The van der Waals surface area contributed by atoms with Crippen LogP contribution in [0.4, 0.5) is 34.1 Å². The minimum atomic E-state index is -0.181. The van der Waals surface area contributed by atoms with Crippen molar-refractivity contribution in [2.45, 2.75) is 57.4 Å². The monoisotopic (exact) mass is 728 g/mol. The lowest BCUT2D eigenvalue weighted by Gasteiger charge is -2.30. The van der Waals surface area contributed by atoms with Crippen molar-refractivity contribution in [2.24, 2.45) is 0 Å². The van der Waals surface area contributed by atoms with Crippen LogP contribution in [-0.2, 0) is 10.8 Å². The topological polar surface area (TPSA) is 10.9 Å². The molecule has 0 fully saturated rings. The summed E-state index contributed by atoms with van der Waals surface area (Å²) in [7, 11) is 0. The number of hydrogen-bond donors (Lipinski definition) is 1. The molecule has 2 aliphatic heterocycles. The standard InChI is InChI=1S/C53H49N3/c1-52(2)45-29-17-19-31-47(45)55(43-25-13-7-14-26-43)49(52)37-35-39-33-34-40(51(39)54(41-21-9-5-10-22-41)42-23-11-6-12-24-42)36-38-50-53(3,4)46-30-18-20-32-48(46)56(50)44-27-15-8-16-28-44/h5-32,35-38,49H,33-34H2,1-4H3/p+1/b37-35+,40-36+,50-38+. The summed E-state index contributed by atoms with van der Waals surface area (Å²) in [6.07, 6.45) is 11.7. The molecule has 276 valence electrons. The number of benzene rings is 6. The second kappa shape index (κ2) is 14.5. The molecule has 1 N–H and O–H groups in total. The third kappa shape index (κ3) is 6.13. The van der Waals surface area contributed by atoms with E-state index in [-0.39, 0.29) is 16.9 Å². The van der Waals surface area contributed by atoms with Gasteiger partial charge >= 0.3 is 0 Å².